The molecule has 100 valence electrons. The van der Waals surface area contributed by atoms with Crippen LogP contribution in [0.25, 0.3) is 0 Å². The van der Waals surface area contributed by atoms with Gasteiger partial charge in [-0.1, -0.05) is 35.7 Å². The zero-order chi connectivity index (χ0) is 13.5. The van der Waals surface area contributed by atoms with Gasteiger partial charge in [-0.2, -0.15) is 0 Å². The summed E-state index contributed by atoms with van der Waals surface area (Å²) in [6, 6.07) is 8.43. The number of aryl methyl sites for hydroxylation is 1. The minimum Gasteiger partial charge on any atom is -0.385 e. The predicted octanol–water partition coefficient (Wildman–Crippen LogP) is 2.20. The number of hydrogen-bond acceptors (Lipinski definition) is 2. The molecular weight excluding hydrogens is 234 g/mol. The molecular formula is C17H21NO. The van der Waals surface area contributed by atoms with Crippen LogP contribution in [-0.2, 0) is 5.60 Å². The molecule has 1 aromatic rings. The van der Waals surface area contributed by atoms with Crippen LogP contribution < -0.4 is 5.32 Å². The van der Waals surface area contributed by atoms with E-state index in [0.29, 0.717) is 5.92 Å². The van der Waals surface area contributed by atoms with Crippen molar-refractivity contribution in [2.24, 2.45) is 11.8 Å². The molecule has 0 spiro atoms. The molecule has 1 saturated carbocycles. The van der Waals surface area contributed by atoms with Crippen LogP contribution >= 0.6 is 0 Å². The first-order valence-corrected chi connectivity index (χ1v) is 7.14. The highest BCUT2D eigenvalue weighted by atomic mass is 16.3. The highest BCUT2D eigenvalue weighted by Crippen LogP contribution is 2.47. The minimum absolute atomic E-state index is 0.127. The molecule has 0 aromatic heterocycles. The Morgan fingerprint density at radius 3 is 2.79 bits per heavy atom. The molecule has 19 heavy (non-hydrogen) atoms. The van der Waals surface area contributed by atoms with Gasteiger partial charge in [0, 0.05) is 12.5 Å². The lowest BCUT2D eigenvalue weighted by Crippen LogP contribution is -2.43. The van der Waals surface area contributed by atoms with E-state index in [2.05, 4.69) is 42.4 Å². The Kier molecular flexibility index (Phi) is 3.12. The molecule has 0 radical (unpaired) electrons. The first kappa shape index (κ1) is 12.7. The summed E-state index contributed by atoms with van der Waals surface area (Å²) in [6.07, 6.45) is 8.61. The van der Waals surface area contributed by atoms with Crippen LogP contribution in [0.2, 0.25) is 0 Å². The summed E-state index contributed by atoms with van der Waals surface area (Å²) in [4.78, 5) is 0. The maximum Gasteiger partial charge on any atom is 0.0940 e. The summed E-state index contributed by atoms with van der Waals surface area (Å²) in [5, 5.41) is 14.6. The fraction of sp³-hybridized carbons (Fsp3) is 0.529. The second kappa shape index (κ2) is 4.67. The highest BCUT2D eigenvalue weighted by molar-refractivity contribution is 5.29. The van der Waals surface area contributed by atoms with E-state index in [1.807, 2.05) is 0 Å². The van der Waals surface area contributed by atoms with E-state index in [-0.39, 0.29) is 12.0 Å². The summed E-state index contributed by atoms with van der Waals surface area (Å²) in [6.45, 7) is 2.90. The Morgan fingerprint density at radius 1 is 1.37 bits per heavy atom. The molecule has 1 aromatic carbocycles. The fourth-order valence-electron chi connectivity index (χ4n) is 3.86. The van der Waals surface area contributed by atoms with Gasteiger partial charge in [0.2, 0.25) is 0 Å². The number of benzene rings is 1. The van der Waals surface area contributed by atoms with Gasteiger partial charge in [-0.3, -0.25) is 0 Å². The lowest BCUT2D eigenvalue weighted by Gasteiger charge is -2.42. The summed E-state index contributed by atoms with van der Waals surface area (Å²) >= 11 is 0. The summed E-state index contributed by atoms with van der Waals surface area (Å²) in [5.74, 6) is 3.49. The van der Waals surface area contributed by atoms with Crippen LogP contribution in [0.4, 0.5) is 0 Å². The van der Waals surface area contributed by atoms with Gasteiger partial charge in [0.05, 0.1) is 11.6 Å². The van der Waals surface area contributed by atoms with Gasteiger partial charge < -0.3 is 10.4 Å². The molecule has 4 unspecified atom stereocenters. The number of terminal acetylenes is 1. The van der Waals surface area contributed by atoms with Gasteiger partial charge in [0.15, 0.2) is 0 Å². The third-order valence-corrected chi connectivity index (χ3v) is 4.94. The average molecular weight is 255 g/mol. The van der Waals surface area contributed by atoms with Gasteiger partial charge in [-0.05, 0) is 37.7 Å². The van der Waals surface area contributed by atoms with E-state index in [1.165, 1.54) is 5.56 Å². The van der Waals surface area contributed by atoms with E-state index >= 15 is 0 Å². The summed E-state index contributed by atoms with van der Waals surface area (Å²) in [5.41, 5.74) is 1.56. The number of nitrogens with one attached hydrogen (secondary N) is 1. The molecule has 1 saturated heterocycles. The van der Waals surface area contributed by atoms with Crippen molar-refractivity contribution in [3.63, 3.8) is 0 Å². The first-order valence-electron chi connectivity index (χ1n) is 7.14. The molecule has 0 amide bonds. The van der Waals surface area contributed by atoms with Crippen molar-refractivity contribution in [3.05, 3.63) is 35.4 Å². The Balaban J connectivity index is 1.95. The van der Waals surface area contributed by atoms with Gasteiger partial charge in [0.25, 0.3) is 0 Å². The number of hydrogen-bond donors (Lipinski definition) is 2. The van der Waals surface area contributed by atoms with Crippen molar-refractivity contribution in [1.82, 2.24) is 5.32 Å². The number of rotatable bonds is 1. The lowest BCUT2D eigenvalue weighted by atomic mass is 9.66. The van der Waals surface area contributed by atoms with Gasteiger partial charge in [0.1, 0.15) is 0 Å². The van der Waals surface area contributed by atoms with Crippen LogP contribution in [0.5, 0.6) is 0 Å². The molecule has 1 aliphatic carbocycles. The van der Waals surface area contributed by atoms with Gasteiger partial charge >= 0.3 is 0 Å². The van der Waals surface area contributed by atoms with Crippen LogP contribution in [0, 0.1) is 31.1 Å². The van der Waals surface area contributed by atoms with Crippen molar-refractivity contribution in [2.45, 2.75) is 37.8 Å². The SMILES string of the molecule is C#CC1NCC2C1CCCC2(O)c1ccc(C)cc1. The van der Waals surface area contributed by atoms with Crippen LogP contribution in [0.15, 0.2) is 24.3 Å². The summed E-state index contributed by atoms with van der Waals surface area (Å²) in [7, 11) is 0. The Morgan fingerprint density at radius 2 is 2.11 bits per heavy atom. The van der Waals surface area contributed by atoms with Crippen molar-refractivity contribution in [1.29, 1.82) is 0 Å². The maximum atomic E-state index is 11.2. The van der Waals surface area contributed by atoms with Crippen LogP contribution in [0.1, 0.15) is 30.4 Å². The molecule has 2 fully saturated rings. The largest absolute Gasteiger partial charge is 0.385 e. The maximum absolute atomic E-state index is 11.2. The second-order valence-electron chi connectivity index (χ2n) is 6.01. The predicted molar refractivity (Wildman–Crippen MR) is 76.5 cm³/mol. The Bertz CT molecular complexity index is 501. The molecule has 4 atom stereocenters. The normalized spacial score (nSPS) is 37.6. The average Bonchev–Trinajstić information content (AvgIpc) is 2.84. The first-order chi connectivity index (χ1) is 9.15. The van der Waals surface area contributed by atoms with Crippen molar-refractivity contribution in [3.8, 4) is 12.3 Å². The number of aliphatic hydroxyl groups is 1. The molecule has 1 aliphatic heterocycles. The number of fused-ring (bicyclic) bond motifs is 1. The monoisotopic (exact) mass is 255 g/mol. The van der Waals surface area contributed by atoms with Crippen LogP contribution in [0.3, 0.4) is 0 Å². The van der Waals surface area contributed by atoms with Gasteiger partial charge in [-0.15, -0.1) is 6.42 Å². The Hall–Kier alpha value is -1.30. The molecule has 1 heterocycles. The fourth-order valence-corrected chi connectivity index (χ4v) is 3.86. The van der Waals surface area contributed by atoms with E-state index in [4.69, 9.17) is 6.42 Å². The van der Waals surface area contributed by atoms with Crippen molar-refractivity contribution >= 4 is 0 Å². The second-order valence-corrected chi connectivity index (χ2v) is 6.01. The molecule has 2 nitrogen and oxygen atoms in total. The molecule has 2 N–H and O–H groups in total. The topological polar surface area (TPSA) is 32.3 Å². The molecule has 0 bridgehead atoms. The van der Waals surface area contributed by atoms with E-state index in [0.717, 1.165) is 31.4 Å². The quantitative estimate of drug-likeness (QED) is 0.754. The zero-order valence-corrected chi connectivity index (χ0v) is 11.4. The van der Waals surface area contributed by atoms with E-state index in [9.17, 15) is 5.11 Å². The smallest absolute Gasteiger partial charge is 0.0940 e. The van der Waals surface area contributed by atoms with Crippen LogP contribution in [-0.4, -0.2) is 17.7 Å². The molecule has 2 aliphatic rings. The zero-order valence-electron chi connectivity index (χ0n) is 11.4. The highest BCUT2D eigenvalue weighted by Gasteiger charge is 2.50. The third-order valence-electron chi connectivity index (χ3n) is 4.94. The third kappa shape index (κ3) is 1.98. The van der Waals surface area contributed by atoms with Crippen molar-refractivity contribution in [2.75, 3.05) is 6.54 Å². The molecule has 2 heteroatoms. The van der Waals surface area contributed by atoms with Crippen molar-refractivity contribution < 1.29 is 5.11 Å². The van der Waals surface area contributed by atoms with E-state index < -0.39 is 5.60 Å². The van der Waals surface area contributed by atoms with Gasteiger partial charge in [-0.25, -0.2) is 0 Å². The minimum atomic E-state index is -0.713. The summed E-state index contributed by atoms with van der Waals surface area (Å²) < 4.78 is 0. The van der Waals surface area contributed by atoms with E-state index in [1.54, 1.807) is 0 Å². The standard InChI is InChI=1S/C17H21NO/c1-3-16-14-5-4-10-17(19,15(14)11-18-16)13-8-6-12(2)7-9-13/h1,6-9,14-16,18-19H,4-5,10-11H2,2H3. The Labute approximate surface area is 115 Å². The molecule has 3 rings (SSSR count). The lowest BCUT2D eigenvalue weighted by molar-refractivity contribution is -0.0652.